The van der Waals surface area contributed by atoms with Crippen molar-refractivity contribution in [3.63, 3.8) is 0 Å². The van der Waals surface area contributed by atoms with Gasteiger partial charge in [-0.05, 0) is 49.2 Å². The van der Waals surface area contributed by atoms with Crippen LogP contribution in [0.5, 0.6) is 0 Å². The van der Waals surface area contributed by atoms with Gasteiger partial charge < -0.3 is 30.1 Å². The Morgan fingerprint density at radius 3 is 2.35 bits per heavy atom. The van der Waals surface area contributed by atoms with Gasteiger partial charge in [0.15, 0.2) is 0 Å². The molecule has 6 heterocycles. The number of nitrogens with zero attached hydrogens (tertiary/aromatic N) is 9. The standard InChI is InChI=1S/C31H34N10O2/c1-21-18-22(29(42)39-12-10-38(11-13-39)24-4-7-33-8-5-24)2-3-26(21)41-9-6-25-27(23-19-34-30(32)35-20-23)36-31(37-28(25)41)40-14-16-43-17-15-40/h2-5,7-8,18-20H,6,9-17H2,1H3,(H2,32,34,35). The van der Waals surface area contributed by atoms with E-state index >= 15 is 0 Å². The van der Waals surface area contributed by atoms with Gasteiger partial charge >= 0.3 is 0 Å². The van der Waals surface area contributed by atoms with Gasteiger partial charge in [0.2, 0.25) is 11.9 Å². The maximum Gasteiger partial charge on any atom is 0.253 e. The van der Waals surface area contributed by atoms with Gasteiger partial charge in [-0.3, -0.25) is 9.78 Å². The Bertz CT molecular complexity index is 1620. The second-order valence-corrected chi connectivity index (χ2v) is 11.0. The Morgan fingerprint density at radius 2 is 1.63 bits per heavy atom. The van der Waals surface area contributed by atoms with E-state index in [0.29, 0.717) is 37.8 Å². The maximum absolute atomic E-state index is 13.5. The molecule has 2 fully saturated rings. The lowest BCUT2D eigenvalue weighted by atomic mass is 10.1. The van der Waals surface area contributed by atoms with Gasteiger partial charge in [-0.2, -0.15) is 4.98 Å². The van der Waals surface area contributed by atoms with Crippen molar-refractivity contribution in [3.05, 3.63) is 71.8 Å². The lowest BCUT2D eigenvalue weighted by Crippen LogP contribution is -2.48. The molecule has 43 heavy (non-hydrogen) atoms. The highest BCUT2D eigenvalue weighted by molar-refractivity contribution is 5.95. The molecule has 220 valence electrons. The Labute approximate surface area is 250 Å². The highest BCUT2D eigenvalue weighted by Crippen LogP contribution is 2.40. The number of morpholine rings is 1. The molecule has 3 aliphatic heterocycles. The number of anilines is 5. The van der Waals surface area contributed by atoms with Crippen molar-refractivity contribution in [2.24, 2.45) is 0 Å². The molecular weight excluding hydrogens is 544 g/mol. The van der Waals surface area contributed by atoms with Crippen LogP contribution in [-0.2, 0) is 11.2 Å². The average Bonchev–Trinajstić information content (AvgIpc) is 3.49. The molecule has 12 heteroatoms. The minimum atomic E-state index is 0.0633. The third-order valence-electron chi connectivity index (χ3n) is 8.38. The van der Waals surface area contributed by atoms with Crippen molar-refractivity contribution < 1.29 is 9.53 Å². The minimum Gasteiger partial charge on any atom is -0.378 e. The first-order valence-electron chi connectivity index (χ1n) is 14.7. The van der Waals surface area contributed by atoms with E-state index in [1.54, 1.807) is 24.8 Å². The molecule has 3 aromatic heterocycles. The lowest BCUT2D eigenvalue weighted by Gasteiger charge is -2.36. The van der Waals surface area contributed by atoms with Crippen LogP contribution in [0.2, 0.25) is 0 Å². The number of carbonyl (C=O) groups is 1. The van der Waals surface area contributed by atoms with Crippen LogP contribution in [0.15, 0.2) is 55.1 Å². The summed E-state index contributed by atoms with van der Waals surface area (Å²) >= 11 is 0. The van der Waals surface area contributed by atoms with E-state index in [1.165, 1.54) is 0 Å². The molecule has 0 unspecified atom stereocenters. The zero-order valence-corrected chi connectivity index (χ0v) is 24.2. The number of piperazine rings is 1. The smallest absolute Gasteiger partial charge is 0.253 e. The van der Waals surface area contributed by atoms with E-state index in [9.17, 15) is 4.79 Å². The van der Waals surface area contributed by atoms with Crippen LogP contribution in [0.1, 0.15) is 21.5 Å². The fourth-order valence-electron chi connectivity index (χ4n) is 6.08. The number of hydrogen-bond donors (Lipinski definition) is 1. The maximum atomic E-state index is 13.5. The Morgan fingerprint density at radius 1 is 0.884 bits per heavy atom. The predicted octanol–water partition coefficient (Wildman–Crippen LogP) is 2.71. The van der Waals surface area contributed by atoms with Gasteiger partial charge in [-0.15, -0.1) is 0 Å². The van der Waals surface area contributed by atoms with E-state index in [1.807, 2.05) is 35.2 Å². The van der Waals surface area contributed by atoms with Gasteiger partial charge in [-0.25, -0.2) is 15.0 Å². The van der Waals surface area contributed by atoms with E-state index in [4.69, 9.17) is 20.4 Å². The molecule has 0 spiro atoms. The molecular formula is C31H34N10O2. The first-order valence-corrected chi connectivity index (χ1v) is 14.7. The molecule has 0 saturated carbocycles. The van der Waals surface area contributed by atoms with Gasteiger partial charge in [-0.1, -0.05) is 0 Å². The van der Waals surface area contributed by atoms with E-state index in [-0.39, 0.29) is 11.9 Å². The van der Waals surface area contributed by atoms with Crippen LogP contribution >= 0.6 is 0 Å². The summed E-state index contributed by atoms with van der Waals surface area (Å²) in [5, 5.41) is 0. The summed E-state index contributed by atoms with van der Waals surface area (Å²) in [5.74, 6) is 1.83. The normalized spacial score (nSPS) is 16.9. The molecule has 2 saturated heterocycles. The summed E-state index contributed by atoms with van der Waals surface area (Å²) in [6, 6.07) is 10.0. The second-order valence-electron chi connectivity index (χ2n) is 11.0. The number of aryl methyl sites for hydroxylation is 1. The third kappa shape index (κ3) is 5.29. The number of nitrogens with two attached hydrogens (primary N) is 1. The topological polar surface area (TPSA) is 130 Å². The second kappa shape index (κ2) is 11.4. The number of rotatable bonds is 5. The third-order valence-corrected chi connectivity index (χ3v) is 8.38. The molecule has 12 nitrogen and oxygen atoms in total. The van der Waals surface area contributed by atoms with Crippen molar-refractivity contribution in [1.82, 2.24) is 29.8 Å². The van der Waals surface area contributed by atoms with Crippen LogP contribution in [0, 0.1) is 6.92 Å². The predicted molar refractivity (Wildman–Crippen MR) is 165 cm³/mol. The van der Waals surface area contributed by atoms with Gasteiger partial charge in [0.25, 0.3) is 5.91 Å². The highest BCUT2D eigenvalue weighted by Gasteiger charge is 2.31. The number of fused-ring (bicyclic) bond motifs is 1. The fourth-order valence-corrected chi connectivity index (χ4v) is 6.08. The summed E-state index contributed by atoms with van der Waals surface area (Å²) in [6.45, 7) is 8.49. The minimum absolute atomic E-state index is 0.0633. The molecule has 3 aliphatic rings. The highest BCUT2D eigenvalue weighted by atomic mass is 16.5. The Kier molecular flexibility index (Phi) is 7.19. The molecule has 0 aliphatic carbocycles. The SMILES string of the molecule is Cc1cc(C(=O)N2CCN(c3ccncc3)CC2)ccc1N1CCc2c(-c3cnc(N)nc3)nc(N3CCOCC3)nc21. The molecule has 0 atom stereocenters. The van der Waals surface area contributed by atoms with Gasteiger partial charge in [0.05, 0.1) is 18.9 Å². The number of ether oxygens (including phenoxy) is 1. The van der Waals surface area contributed by atoms with Crippen molar-refractivity contribution in [3.8, 4) is 11.3 Å². The molecule has 1 aromatic carbocycles. The van der Waals surface area contributed by atoms with Crippen LogP contribution in [0.4, 0.5) is 29.1 Å². The van der Waals surface area contributed by atoms with E-state index in [2.05, 4.69) is 36.6 Å². The molecule has 2 N–H and O–H groups in total. The largest absolute Gasteiger partial charge is 0.378 e. The Hall–Kier alpha value is -4.84. The van der Waals surface area contributed by atoms with E-state index in [0.717, 1.165) is 78.7 Å². The summed E-state index contributed by atoms with van der Waals surface area (Å²) < 4.78 is 5.57. The first-order chi connectivity index (χ1) is 21.0. The van der Waals surface area contributed by atoms with Gasteiger partial charge in [0, 0.05) is 98.7 Å². The lowest BCUT2D eigenvalue weighted by molar-refractivity contribution is 0.0746. The Balaban J connectivity index is 1.15. The summed E-state index contributed by atoms with van der Waals surface area (Å²) in [4.78, 5) is 44.7. The summed E-state index contributed by atoms with van der Waals surface area (Å²) in [6.07, 6.45) is 7.83. The van der Waals surface area contributed by atoms with Crippen molar-refractivity contribution >= 4 is 35.0 Å². The number of carbonyl (C=O) groups excluding carboxylic acids is 1. The van der Waals surface area contributed by atoms with Crippen LogP contribution in [0.3, 0.4) is 0 Å². The number of pyridine rings is 1. The average molecular weight is 579 g/mol. The fraction of sp³-hybridized carbons (Fsp3) is 0.355. The monoisotopic (exact) mass is 578 g/mol. The first kappa shape index (κ1) is 27.0. The number of benzene rings is 1. The van der Waals surface area contributed by atoms with Crippen molar-refractivity contribution in [1.29, 1.82) is 0 Å². The summed E-state index contributed by atoms with van der Waals surface area (Å²) in [7, 11) is 0. The zero-order chi connectivity index (χ0) is 29.3. The quantitative estimate of drug-likeness (QED) is 0.375. The zero-order valence-electron chi connectivity index (χ0n) is 24.2. The molecule has 4 aromatic rings. The molecule has 0 bridgehead atoms. The number of nitrogen functional groups attached to an aromatic ring is 1. The number of hydrogen-bond acceptors (Lipinski definition) is 11. The van der Waals surface area contributed by atoms with Crippen LogP contribution < -0.4 is 20.4 Å². The van der Waals surface area contributed by atoms with Crippen LogP contribution in [-0.4, -0.2) is 94.8 Å². The number of aromatic nitrogens is 5. The van der Waals surface area contributed by atoms with E-state index < -0.39 is 0 Å². The number of amides is 1. The molecule has 1 amide bonds. The van der Waals surface area contributed by atoms with Crippen molar-refractivity contribution in [2.75, 3.05) is 79.5 Å². The van der Waals surface area contributed by atoms with Crippen LogP contribution in [0.25, 0.3) is 11.3 Å². The molecule has 7 rings (SSSR count). The van der Waals surface area contributed by atoms with Gasteiger partial charge in [0.1, 0.15) is 5.82 Å². The van der Waals surface area contributed by atoms with Crippen molar-refractivity contribution in [2.45, 2.75) is 13.3 Å². The molecule has 0 radical (unpaired) electrons. The summed E-state index contributed by atoms with van der Waals surface area (Å²) in [5.41, 5.74) is 12.4.